The van der Waals surface area contributed by atoms with E-state index in [0.717, 1.165) is 10.6 Å². The maximum Gasteiger partial charge on any atom is 0.269 e. The first kappa shape index (κ1) is 25.2. The minimum atomic E-state index is -3.84. The van der Waals surface area contributed by atoms with Gasteiger partial charge in [0.25, 0.3) is 11.6 Å². The molecule has 3 rings (SSSR count). The van der Waals surface area contributed by atoms with Crippen molar-refractivity contribution in [2.45, 2.75) is 0 Å². The van der Waals surface area contributed by atoms with Gasteiger partial charge in [-0.3, -0.25) is 19.2 Å². The number of methoxy groups -OCH3 is 2. The van der Waals surface area contributed by atoms with E-state index < -0.39 is 27.4 Å². The highest BCUT2D eigenvalue weighted by atomic mass is 32.2. The Labute approximate surface area is 201 Å². The number of nitro benzene ring substituents is 1. The van der Waals surface area contributed by atoms with Crippen molar-refractivity contribution >= 4 is 33.5 Å². The number of furan rings is 1. The smallest absolute Gasteiger partial charge is 0.269 e. The van der Waals surface area contributed by atoms with Gasteiger partial charge in [-0.1, -0.05) is 0 Å². The Morgan fingerprint density at radius 1 is 1.14 bits per heavy atom. The number of non-ortho nitro benzene ring substituents is 1. The van der Waals surface area contributed by atoms with Crippen molar-refractivity contribution in [1.29, 1.82) is 0 Å². The Morgan fingerprint density at radius 2 is 1.86 bits per heavy atom. The van der Waals surface area contributed by atoms with Crippen LogP contribution in [0.2, 0.25) is 0 Å². The largest absolute Gasteiger partial charge is 0.497 e. The fourth-order valence-electron chi connectivity index (χ4n) is 3.03. The first-order valence-corrected chi connectivity index (χ1v) is 11.8. The second kappa shape index (κ2) is 10.7. The highest BCUT2D eigenvalue weighted by molar-refractivity contribution is 7.92. The lowest BCUT2D eigenvalue weighted by molar-refractivity contribution is -0.384. The second-order valence-electron chi connectivity index (χ2n) is 7.11. The van der Waals surface area contributed by atoms with Crippen molar-refractivity contribution < 1.29 is 32.0 Å². The predicted molar refractivity (Wildman–Crippen MR) is 128 cm³/mol. The van der Waals surface area contributed by atoms with E-state index in [-0.39, 0.29) is 17.1 Å². The first-order valence-electron chi connectivity index (χ1n) is 9.98. The highest BCUT2D eigenvalue weighted by Crippen LogP contribution is 2.33. The van der Waals surface area contributed by atoms with E-state index in [4.69, 9.17) is 13.9 Å². The van der Waals surface area contributed by atoms with Crippen LogP contribution in [0.1, 0.15) is 5.76 Å². The third-order valence-electron chi connectivity index (χ3n) is 4.71. The second-order valence-corrected chi connectivity index (χ2v) is 9.01. The van der Waals surface area contributed by atoms with Gasteiger partial charge in [-0.15, -0.1) is 0 Å². The van der Waals surface area contributed by atoms with Crippen LogP contribution in [0.3, 0.4) is 0 Å². The van der Waals surface area contributed by atoms with Crippen LogP contribution in [-0.2, 0) is 14.8 Å². The van der Waals surface area contributed by atoms with Gasteiger partial charge in [-0.05, 0) is 36.4 Å². The fraction of sp³-hybridized carbons (Fsp3) is 0.182. The summed E-state index contributed by atoms with van der Waals surface area (Å²) in [5.41, 5.74) is 3.00. The number of carbonyl (C=O) groups is 1. The molecule has 35 heavy (non-hydrogen) atoms. The molecule has 0 atom stereocenters. The lowest BCUT2D eigenvalue weighted by Gasteiger charge is -2.23. The number of nitrogens with zero attached hydrogens (tertiary/aromatic N) is 3. The number of carbonyl (C=O) groups excluding carboxylic acids is 1. The number of amides is 1. The summed E-state index contributed by atoms with van der Waals surface area (Å²) >= 11 is 0. The molecule has 1 N–H and O–H groups in total. The Hall–Kier alpha value is -4.39. The zero-order chi connectivity index (χ0) is 25.6. The molecule has 1 aromatic heterocycles. The molecule has 1 heterocycles. The van der Waals surface area contributed by atoms with Crippen molar-refractivity contribution in [3.63, 3.8) is 0 Å². The number of nitro groups is 1. The molecule has 0 aliphatic rings. The lowest BCUT2D eigenvalue weighted by atomic mass is 10.1. The molecule has 0 bridgehead atoms. The maximum absolute atomic E-state index is 12.4. The average Bonchev–Trinajstić information content (AvgIpc) is 3.30. The molecule has 0 saturated carbocycles. The molecule has 0 spiro atoms. The van der Waals surface area contributed by atoms with Gasteiger partial charge in [0.15, 0.2) is 0 Å². The summed E-state index contributed by atoms with van der Waals surface area (Å²) < 4.78 is 41.6. The number of sulfonamides is 1. The molecular weight excluding hydrogens is 480 g/mol. The van der Waals surface area contributed by atoms with Gasteiger partial charge in [0.05, 0.1) is 37.3 Å². The average molecular weight is 503 g/mol. The van der Waals surface area contributed by atoms with Crippen LogP contribution >= 0.6 is 0 Å². The quantitative estimate of drug-likeness (QED) is 0.252. The van der Waals surface area contributed by atoms with E-state index in [2.05, 4.69) is 10.5 Å². The zero-order valence-corrected chi connectivity index (χ0v) is 19.8. The summed E-state index contributed by atoms with van der Waals surface area (Å²) in [4.78, 5) is 22.7. The Balaban J connectivity index is 1.68. The standard InChI is InChI=1S/C22H22N4O8S/c1-32-17-8-10-19(21(12-17)33-2)25(35(3,30)31)14-22(27)24-23-13-18-9-11-20(34-18)15-4-6-16(7-5-15)26(28)29/h4-13H,14H2,1-3H3,(H,24,27)/b23-13-. The number of anilines is 1. The van der Waals surface area contributed by atoms with Crippen molar-refractivity contribution in [3.8, 4) is 22.8 Å². The molecule has 3 aromatic rings. The summed E-state index contributed by atoms with van der Waals surface area (Å²) in [6.45, 7) is -0.551. The number of ether oxygens (including phenoxy) is 2. The third-order valence-corrected chi connectivity index (χ3v) is 5.84. The molecular formula is C22H22N4O8S. The monoisotopic (exact) mass is 502 g/mol. The lowest BCUT2D eigenvalue weighted by Crippen LogP contribution is -2.39. The highest BCUT2D eigenvalue weighted by Gasteiger charge is 2.24. The topological polar surface area (TPSA) is 154 Å². The van der Waals surface area contributed by atoms with Gasteiger partial charge in [-0.25, -0.2) is 13.8 Å². The van der Waals surface area contributed by atoms with Crippen LogP contribution in [0, 0.1) is 10.1 Å². The van der Waals surface area contributed by atoms with E-state index in [9.17, 15) is 23.3 Å². The summed E-state index contributed by atoms with van der Waals surface area (Å²) in [7, 11) is -1.01. The van der Waals surface area contributed by atoms with E-state index >= 15 is 0 Å². The van der Waals surface area contributed by atoms with Crippen LogP contribution in [-0.4, -0.2) is 52.5 Å². The predicted octanol–water partition coefficient (Wildman–Crippen LogP) is 2.79. The zero-order valence-electron chi connectivity index (χ0n) is 19.0. The Kier molecular flexibility index (Phi) is 7.71. The van der Waals surface area contributed by atoms with Gasteiger partial charge >= 0.3 is 0 Å². The summed E-state index contributed by atoms with van der Waals surface area (Å²) in [5, 5.41) is 14.6. The molecule has 13 heteroatoms. The molecule has 0 aliphatic carbocycles. The molecule has 1 amide bonds. The molecule has 0 aliphatic heterocycles. The first-order chi connectivity index (χ1) is 16.6. The van der Waals surface area contributed by atoms with Crippen LogP contribution in [0.4, 0.5) is 11.4 Å². The summed E-state index contributed by atoms with van der Waals surface area (Å²) in [6.07, 6.45) is 2.21. The van der Waals surface area contributed by atoms with Gasteiger partial charge in [-0.2, -0.15) is 5.10 Å². The maximum atomic E-state index is 12.4. The van der Waals surface area contributed by atoms with E-state index in [1.54, 1.807) is 30.3 Å². The van der Waals surface area contributed by atoms with Crippen LogP contribution < -0.4 is 19.2 Å². The van der Waals surface area contributed by atoms with Gasteiger partial charge in [0.2, 0.25) is 10.0 Å². The number of hydrogen-bond acceptors (Lipinski definition) is 9. The molecule has 0 radical (unpaired) electrons. The minimum Gasteiger partial charge on any atom is -0.497 e. The Morgan fingerprint density at radius 3 is 2.46 bits per heavy atom. The summed E-state index contributed by atoms with van der Waals surface area (Å²) in [6, 6.07) is 13.6. The van der Waals surface area contributed by atoms with Gasteiger partial charge in [0.1, 0.15) is 29.6 Å². The molecule has 0 fully saturated rings. The van der Waals surface area contributed by atoms with Gasteiger partial charge < -0.3 is 13.9 Å². The molecule has 2 aromatic carbocycles. The van der Waals surface area contributed by atoms with Crippen LogP contribution in [0.25, 0.3) is 11.3 Å². The minimum absolute atomic E-state index is 0.0415. The number of hydrazone groups is 1. The molecule has 12 nitrogen and oxygen atoms in total. The normalized spacial score (nSPS) is 11.3. The van der Waals surface area contributed by atoms with E-state index in [0.29, 0.717) is 22.8 Å². The van der Waals surface area contributed by atoms with E-state index in [1.165, 1.54) is 44.7 Å². The number of nitrogens with one attached hydrogen (secondary N) is 1. The molecule has 0 saturated heterocycles. The van der Waals surface area contributed by atoms with Crippen molar-refractivity contribution in [3.05, 3.63) is 70.5 Å². The number of benzene rings is 2. The van der Waals surface area contributed by atoms with Crippen molar-refractivity contribution in [2.75, 3.05) is 31.3 Å². The number of rotatable bonds is 10. The Bertz CT molecular complexity index is 1350. The van der Waals surface area contributed by atoms with Crippen LogP contribution in [0.15, 0.2) is 64.1 Å². The third kappa shape index (κ3) is 6.35. The molecule has 0 unspecified atom stereocenters. The summed E-state index contributed by atoms with van der Waals surface area (Å²) in [5.74, 6) is 0.713. The fourth-order valence-corrected chi connectivity index (χ4v) is 3.89. The van der Waals surface area contributed by atoms with Gasteiger partial charge in [0, 0.05) is 23.8 Å². The van der Waals surface area contributed by atoms with Crippen molar-refractivity contribution in [2.24, 2.45) is 5.10 Å². The molecule has 184 valence electrons. The van der Waals surface area contributed by atoms with Crippen molar-refractivity contribution in [1.82, 2.24) is 5.43 Å². The van der Waals surface area contributed by atoms with Crippen LogP contribution in [0.5, 0.6) is 11.5 Å². The van der Waals surface area contributed by atoms with E-state index in [1.807, 2.05) is 0 Å². The SMILES string of the molecule is COc1ccc(N(CC(=O)N/N=C\c2ccc(-c3ccc([N+](=O)[O-])cc3)o2)S(C)(=O)=O)c(OC)c1. The number of hydrogen-bond donors (Lipinski definition) is 1.